The average Bonchev–Trinajstić information content (AvgIpc) is 2.89. The van der Waals surface area contributed by atoms with E-state index in [9.17, 15) is 9.18 Å². The summed E-state index contributed by atoms with van der Waals surface area (Å²) in [6, 6.07) is 9.49. The molecule has 1 aromatic heterocycles. The molecule has 0 saturated carbocycles. The topological polar surface area (TPSA) is 59.5 Å². The van der Waals surface area contributed by atoms with Crippen molar-refractivity contribution in [2.45, 2.75) is 6.54 Å². The molecule has 5 heteroatoms. The van der Waals surface area contributed by atoms with E-state index in [1.165, 1.54) is 23.3 Å². The number of amides is 1. The number of hydrogen-bond acceptors (Lipinski definition) is 3. The smallest absolute Gasteiger partial charge is 0.241 e. The molecule has 1 amide bonds. The molecule has 0 saturated heterocycles. The molecule has 2 rings (SSSR count). The van der Waals surface area contributed by atoms with Crippen LogP contribution in [0.4, 0.5) is 10.1 Å². The van der Waals surface area contributed by atoms with Gasteiger partial charge in [0.1, 0.15) is 11.6 Å². The molecule has 0 spiro atoms. The van der Waals surface area contributed by atoms with Crippen LogP contribution in [-0.4, -0.2) is 12.5 Å². The maximum absolute atomic E-state index is 13.7. The molecular formula is C13H13FN2O2. The van der Waals surface area contributed by atoms with Crippen molar-refractivity contribution < 1.29 is 13.6 Å². The van der Waals surface area contributed by atoms with Crippen LogP contribution in [0.3, 0.4) is 0 Å². The summed E-state index contributed by atoms with van der Waals surface area (Å²) in [6.45, 7) is -0.0288. The Balaban J connectivity index is 2.31. The van der Waals surface area contributed by atoms with E-state index < -0.39 is 5.82 Å². The number of carbonyl (C=O) groups excluding carboxylic acids is 1. The number of carbonyl (C=O) groups is 1. The highest BCUT2D eigenvalue weighted by atomic mass is 19.1. The van der Waals surface area contributed by atoms with E-state index in [2.05, 4.69) is 0 Å². The Hall–Kier alpha value is -2.14. The fourth-order valence-electron chi connectivity index (χ4n) is 1.65. The maximum Gasteiger partial charge on any atom is 0.241 e. The van der Waals surface area contributed by atoms with Gasteiger partial charge in [-0.2, -0.15) is 0 Å². The van der Waals surface area contributed by atoms with Gasteiger partial charge in [0.25, 0.3) is 0 Å². The zero-order valence-electron chi connectivity index (χ0n) is 9.67. The molecule has 0 radical (unpaired) electrons. The van der Waals surface area contributed by atoms with Crippen molar-refractivity contribution >= 4 is 11.6 Å². The van der Waals surface area contributed by atoms with E-state index in [-0.39, 0.29) is 24.7 Å². The van der Waals surface area contributed by atoms with E-state index in [1.54, 1.807) is 24.3 Å². The van der Waals surface area contributed by atoms with Crippen molar-refractivity contribution in [3.63, 3.8) is 0 Å². The highest BCUT2D eigenvalue weighted by Crippen LogP contribution is 2.21. The summed E-state index contributed by atoms with van der Waals surface area (Å²) < 4.78 is 18.9. The third kappa shape index (κ3) is 2.57. The summed E-state index contributed by atoms with van der Waals surface area (Å²) >= 11 is 0. The van der Waals surface area contributed by atoms with E-state index in [0.29, 0.717) is 5.76 Å². The van der Waals surface area contributed by atoms with Gasteiger partial charge >= 0.3 is 0 Å². The molecule has 0 atom stereocenters. The van der Waals surface area contributed by atoms with Crippen LogP contribution < -0.4 is 10.6 Å². The van der Waals surface area contributed by atoms with Gasteiger partial charge in [-0.25, -0.2) is 4.39 Å². The first-order chi connectivity index (χ1) is 8.72. The summed E-state index contributed by atoms with van der Waals surface area (Å²) in [5.41, 5.74) is 5.54. The summed E-state index contributed by atoms with van der Waals surface area (Å²) in [6.07, 6.45) is 1.50. The zero-order chi connectivity index (χ0) is 13.0. The van der Waals surface area contributed by atoms with E-state index in [0.717, 1.165) is 0 Å². The molecule has 2 aromatic rings. The van der Waals surface area contributed by atoms with Crippen LogP contribution in [0, 0.1) is 5.82 Å². The molecule has 2 N–H and O–H groups in total. The second-order valence-corrected chi connectivity index (χ2v) is 3.71. The first kappa shape index (κ1) is 12.3. The summed E-state index contributed by atoms with van der Waals surface area (Å²) in [5, 5.41) is 0. The van der Waals surface area contributed by atoms with Crippen LogP contribution in [-0.2, 0) is 11.3 Å². The van der Waals surface area contributed by atoms with E-state index in [1.807, 2.05) is 0 Å². The van der Waals surface area contributed by atoms with Gasteiger partial charge in [-0.1, -0.05) is 12.1 Å². The number of nitrogens with two attached hydrogens (primary N) is 1. The van der Waals surface area contributed by atoms with Gasteiger partial charge in [0.2, 0.25) is 5.91 Å². The number of para-hydroxylation sites is 1. The lowest BCUT2D eigenvalue weighted by Gasteiger charge is -2.21. The summed E-state index contributed by atoms with van der Waals surface area (Å²) in [7, 11) is 0. The number of benzene rings is 1. The van der Waals surface area contributed by atoms with Gasteiger partial charge < -0.3 is 15.1 Å². The fourth-order valence-corrected chi connectivity index (χ4v) is 1.65. The Morgan fingerprint density at radius 3 is 2.67 bits per heavy atom. The molecule has 0 bridgehead atoms. The average molecular weight is 248 g/mol. The zero-order valence-corrected chi connectivity index (χ0v) is 9.67. The lowest BCUT2D eigenvalue weighted by molar-refractivity contribution is -0.117. The molecule has 4 nitrogen and oxygen atoms in total. The first-order valence-corrected chi connectivity index (χ1v) is 5.49. The van der Waals surface area contributed by atoms with Gasteiger partial charge in [-0.3, -0.25) is 4.79 Å². The lowest BCUT2D eigenvalue weighted by Crippen LogP contribution is -2.36. The molecule has 0 unspecified atom stereocenters. The van der Waals surface area contributed by atoms with Crippen molar-refractivity contribution in [3.8, 4) is 0 Å². The molecule has 1 heterocycles. The SMILES string of the molecule is NCC(=O)N(Cc1ccco1)c1ccccc1F. The van der Waals surface area contributed by atoms with Gasteiger partial charge in [-0.15, -0.1) is 0 Å². The van der Waals surface area contributed by atoms with Crippen LogP contribution in [0.25, 0.3) is 0 Å². The van der Waals surface area contributed by atoms with E-state index >= 15 is 0 Å². The Morgan fingerprint density at radius 1 is 1.28 bits per heavy atom. The maximum atomic E-state index is 13.7. The van der Waals surface area contributed by atoms with Gasteiger partial charge in [0.05, 0.1) is 25.0 Å². The molecule has 0 aliphatic heterocycles. The van der Waals surface area contributed by atoms with Crippen LogP contribution in [0.15, 0.2) is 47.1 Å². The number of rotatable bonds is 4. The largest absolute Gasteiger partial charge is 0.467 e. The minimum absolute atomic E-state index is 0.157. The van der Waals surface area contributed by atoms with Crippen LogP contribution in [0.5, 0.6) is 0 Å². The molecule has 18 heavy (non-hydrogen) atoms. The Morgan fingerprint density at radius 2 is 2.06 bits per heavy atom. The standard InChI is InChI=1S/C13H13FN2O2/c14-11-5-1-2-6-12(11)16(13(17)8-15)9-10-4-3-7-18-10/h1-7H,8-9,15H2. The summed E-state index contributed by atoms with van der Waals surface area (Å²) in [4.78, 5) is 13.1. The Kier molecular flexibility index (Phi) is 3.74. The normalized spacial score (nSPS) is 10.3. The lowest BCUT2D eigenvalue weighted by atomic mass is 10.2. The monoisotopic (exact) mass is 248 g/mol. The van der Waals surface area contributed by atoms with Crippen molar-refractivity contribution in [2.75, 3.05) is 11.4 Å². The quantitative estimate of drug-likeness (QED) is 0.899. The summed E-state index contributed by atoms with van der Waals surface area (Å²) in [5.74, 6) is -0.262. The highest BCUT2D eigenvalue weighted by Gasteiger charge is 2.18. The predicted octanol–water partition coefficient (Wildman–Crippen LogP) is 1.91. The second-order valence-electron chi connectivity index (χ2n) is 3.71. The first-order valence-electron chi connectivity index (χ1n) is 5.49. The predicted molar refractivity (Wildman–Crippen MR) is 65.4 cm³/mol. The van der Waals surface area contributed by atoms with Gasteiger partial charge in [0, 0.05) is 0 Å². The van der Waals surface area contributed by atoms with Crippen molar-refractivity contribution in [2.24, 2.45) is 5.73 Å². The van der Waals surface area contributed by atoms with Crippen LogP contribution in [0.2, 0.25) is 0 Å². The third-order valence-electron chi connectivity index (χ3n) is 2.51. The van der Waals surface area contributed by atoms with Crippen molar-refractivity contribution in [1.29, 1.82) is 0 Å². The molecule has 0 aliphatic rings. The molecule has 0 aliphatic carbocycles. The van der Waals surface area contributed by atoms with E-state index in [4.69, 9.17) is 10.2 Å². The second kappa shape index (κ2) is 5.46. The Labute approximate surface area is 104 Å². The Bertz CT molecular complexity index is 526. The van der Waals surface area contributed by atoms with Crippen molar-refractivity contribution in [3.05, 3.63) is 54.2 Å². The van der Waals surface area contributed by atoms with Gasteiger partial charge in [-0.05, 0) is 24.3 Å². The van der Waals surface area contributed by atoms with Crippen molar-refractivity contribution in [1.82, 2.24) is 0 Å². The molecule has 0 fully saturated rings. The highest BCUT2D eigenvalue weighted by molar-refractivity contribution is 5.94. The van der Waals surface area contributed by atoms with Crippen LogP contribution in [0.1, 0.15) is 5.76 Å². The number of halogens is 1. The molecular weight excluding hydrogens is 235 g/mol. The third-order valence-corrected chi connectivity index (χ3v) is 2.51. The number of anilines is 1. The number of nitrogens with zero attached hydrogens (tertiary/aromatic N) is 1. The molecule has 94 valence electrons. The minimum atomic E-state index is -0.467. The number of hydrogen-bond donors (Lipinski definition) is 1. The van der Waals surface area contributed by atoms with Gasteiger partial charge in [0.15, 0.2) is 0 Å². The molecule has 1 aromatic carbocycles. The fraction of sp³-hybridized carbons (Fsp3) is 0.154. The number of furan rings is 1. The minimum Gasteiger partial charge on any atom is -0.467 e. The van der Waals surface area contributed by atoms with Crippen LogP contribution >= 0.6 is 0 Å².